The van der Waals surface area contributed by atoms with Crippen LogP contribution in [-0.4, -0.2) is 25.3 Å². The van der Waals surface area contributed by atoms with Crippen molar-refractivity contribution in [2.45, 2.75) is 38.0 Å². The Morgan fingerprint density at radius 3 is 2.68 bits per heavy atom. The molecule has 1 N–H and O–H groups in total. The predicted octanol–water partition coefficient (Wildman–Crippen LogP) is 3.88. The number of ketones is 1. The third-order valence-electron chi connectivity index (χ3n) is 5.00. The highest BCUT2D eigenvalue weighted by Crippen LogP contribution is 2.40. The number of aryl methyl sites for hydroxylation is 1. The molecule has 0 bridgehead atoms. The van der Waals surface area contributed by atoms with Gasteiger partial charge in [0.05, 0.1) is 12.7 Å². The molecule has 0 aliphatic heterocycles. The number of amides is 1. The van der Waals surface area contributed by atoms with Crippen molar-refractivity contribution >= 4 is 23.0 Å². The summed E-state index contributed by atoms with van der Waals surface area (Å²) in [7, 11) is 1.57. The van der Waals surface area contributed by atoms with Gasteiger partial charge in [-0.25, -0.2) is 0 Å². The third-order valence-corrected chi connectivity index (χ3v) is 6.11. The molecule has 1 aromatic carbocycles. The van der Waals surface area contributed by atoms with E-state index in [9.17, 15) is 9.59 Å². The van der Waals surface area contributed by atoms with Crippen molar-refractivity contribution in [2.24, 2.45) is 0 Å². The van der Waals surface area contributed by atoms with Crippen LogP contribution < -0.4 is 10.1 Å². The second-order valence-electron chi connectivity index (χ2n) is 6.68. The number of hydrogen-bond acceptors (Lipinski definition) is 4. The predicted molar refractivity (Wildman–Crippen MR) is 99.5 cm³/mol. The molecular formula is C20H23NO3S. The molecule has 1 aliphatic carbocycles. The zero-order valence-corrected chi connectivity index (χ0v) is 15.4. The smallest absolute Gasteiger partial charge is 0.255 e. The van der Waals surface area contributed by atoms with Gasteiger partial charge in [-0.3, -0.25) is 9.59 Å². The van der Waals surface area contributed by atoms with Crippen LogP contribution in [0.15, 0.2) is 35.7 Å². The van der Waals surface area contributed by atoms with Crippen LogP contribution in [0.25, 0.3) is 0 Å². The van der Waals surface area contributed by atoms with Crippen molar-refractivity contribution in [3.63, 3.8) is 0 Å². The minimum Gasteiger partial charge on any atom is -0.496 e. The van der Waals surface area contributed by atoms with E-state index in [-0.39, 0.29) is 11.3 Å². The second-order valence-corrected chi connectivity index (χ2v) is 7.63. The molecule has 2 aromatic rings. The Bertz CT molecular complexity index is 757. The normalized spacial score (nSPS) is 16.5. The fourth-order valence-electron chi connectivity index (χ4n) is 3.43. The lowest BCUT2D eigenvalue weighted by molar-refractivity contribution is -0.121. The van der Waals surface area contributed by atoms with E-state index in [1.807, 2.05) is 25.1 Å². The summed E-state index contributed by atoms with van der Waals surface area (Å²) >= 11 is 1.70. The van der Waals surface area contributed by atoms with Gasteiger partial charge in [-0.15, -0.1) is 11.3 Å². The summed E-state index contributed by atoms with van der Waals surface area (Å²) in [6.45, 7) is 2.51. The maximum atomic E-state index is 12.7. The number of Topliss-reactive ketones (excluding diaryl/α,β-unsaturated/α-hetero) is 1. The van der Waals surface area contributed by atoms with Crippen molar-refractivity contribution < 1.29 is 14.3 Å². The van der Waals surface area contributed by atoms with E-state index < -0.39 is 0 Å². The molecule has 0 radical (unpaired) electrons. The average molecular weight is 357 g/mol. The van der Waals surface area contributed by atoms with Crippen molar-refractivity contribution in [3.05, 3.63) is 51.7 Å². The average Bonchev–Trinajstić information content (AvgIpc) is 3.16. The molecule has 25 heavy (non-hydrogen) atoms. The highest BCUT2D eigenvalue weighted by molar-refractivity contribution is 7.10. The Morgan fingerprint density at radius 1 is 1.28 bits per heavy atom. The Labute approximate surface area is 152 Å². The molecule has 0 saturated heterocycles. The molecule has 5 heteroatoms. The molecular weight excluding hydrogens is 334 g/mol. The zero-order valence-electron chi connectivity index (χ0n) is 14.6. The molecule has 1 fully saturated rings. The van der Waals surface area contributed by atoms with E-state index in [0.717, 1.165) is 18.4 Å². The van der Waals surface area contributed by atoms with Gasteiger partial charge in [-0.1, -0.05) is 12.1 Å². The summed E-state index contributed by atoms with van der Waals surface area (Å²) in [5.41, 5.74) is 1.45. The van der Waals surface area contributed by atoms with Crippen molar-refractivity contribution in [1.29, 1.82) is 0 Å². The molecule has 132 valence electrons. The van der Waals surface area contributed by atoms with Gasteiger partial charge in [-0.05, 0) is 48.9 Å². The van der Waals surface area contributed by atoms with Crippen molar-refractivity contribution in [2.75, 3.05) is 13.7 Å². The summed E-state index contributed by atoms with van der Waals surface area (Å²) in [5, 5.41) is 5.14. The fourth-order valence-corrected chi connectivity index (χ4v) is 4.42. The second kappa shape index (κ2) is 7.40. The van der Waals surface area contributed by atoms with Crippen molar-refractivity contribution in [3.8, 4) is 5.75 Å². The summed E-state index contributed by atoms with van der Waals surface area (Å²) in [5.74, 6) is 0.768. The molecule has 1 amide bonds. The van der Waals surface area contributed by atoms with E-state index in [0.29, 0.717) is 36.5 Å². The van der Waals surface area contributed by atoms with Crippen LogP contribution in [-0.2, 0) is 10.2 Å². The number of carbonyl (C=O) groups excluding carboxylic acids is 2. The Kier molecular flexibility index (Phi) is 5.23. The molecule has 4 nitrogen and oxygen atoms in total. The van der Waals surface area contributed by atoms with Gasteiger partial charge in [0.2, 0.25) is 0 Å². The molecule has 1 aliphatic rings. The lowest BCUT2D eigenvalue weighted by Crippen LogP contribution is -2.43. The Balaban J connectivity index is 1.78. The number of nitrogens with one attached hydrogen (secondary N) is 1. The van der Waals surface area contributed by atoms with Gasteiger partial charge in [-0.2, -0.15) is 0 Å². The molecule has 1 saturated carbocycles. The van der Waals surface area contributed by atoms with Crippen LogP contribution in [0.3, 0.4) is 0 Å². The van der Waals surface area contributed by atoms with Gasteiger partial charge in [0, 0.05) is 29.7 Å². The van der Waals surface area contributed by atoms with E-state index >= 15 is 0 Å². The summed E-state index contributed by atoms with van der Waals surface area (Å²) in [6, 6.07) is 9.71. The van der Waals surface area contributed by atoms with E-state index in [1.165, 1.54) is 4.88 Å². The largest absolute Gasteiger partial charge is 0.496 e. The number of carbonyl (C=O) groups is 2. The van der Waals surface area contributed by atoms with Crippen LogP contribution in [0.5, 0.6) is 5.75 Å². The quantitative estimate of drug-likeness (QED) is 0.884. The topological polar surface area (TPSA) is 55.4 Å². The summed E-state index contributed by atoms with van der Waals surface area (Å²) < 4.78 is 5.35. The maximum Gasteiger partial charge on any atom is 0.255 e. The van der Waals surface area contributed by atoms with E-state index in [2.05, 4.69) is 16.8 Å². The number of methoxy groups -OCH3 is 1. The van der Waals surface area contributed by atoms with Crippen LogP contribution in [0.1, 0.15) is 46.5 Å². The third kappa shape index (κ3) is 3.76. The molecule has 1 heterocycles. The minimum atomic E-state index is -0.143. The van der Waals surface area contributed by atoms with Gasteiger partial charge >= 0.3 is 0 Å². The maximum absolute atomic E-state index is 12.7. The van der Waals surface area contributed by atoms with Crippen LogP contribution in [0, 0.1) is 6.92 Å². The lowest BCUT2D eigenvalue weighted by atomic mass is 9.72. The number of hydrogen-bond donors (Lipinski definition) is 1. The first-order valence-electron chi connectivity index (χ1n) is 8.53. The Hall–Kier alpha value is -2.14. The summed E-state index contributed by atoms with van der Waals surface area (Å²) in [6.07, 6.45) is 2.75. The standard InChI is InChI=1S/C20H23NO3S/c1-14-5-6-16(17(12-14)24-2)19(23)21-13-20(18-4-3-11-25-18)9-7-15(22)8-10-20/h3-6,11-12H,7-10,13H2,1-2H3,(H,21,23). The van der Waals surface area contributed by atoms with Gasteiger partial charge in [0.25, 0.3) is 5.91 Å². The van der Waals surface area contributed by atoms with E-state index in [4.69, 9.17) is 4.74 Å². The molecule has 0 spiro atoms. The van der Waals surface area contributed by atoms with Gasteiger partial charge in [0.1, 0.15) is 11.5 Å². The molecule has 3 rings (SSSR count). The molecule has 0 atom stereocenters. The van der Waals surface area contributed by atoms with Crippen LogP contribution in [0.4, 0.5) is 0 Å². The minimum absolute atomic E-state index is 0.135. The van der Waals surface area contributed by atoms with Gasteiger partial charge in [0.15, 0.2) is 0 Å². The SMILES string of the molecule is COc1cc(C)ccc1C(=O)NCC1(c2cccs2)CCC(=O)CC1. The van der Waals surface area contributed by atoms with Crippen molar-refractivity contribution in [1.82, 2.24) is 5.32 Å². The van der Waals surface area contributed by atoms with Crippen LogP contribution in [0.2, 0.25) is 0 Å². The zero-order chi connectivity index (χ0) is 17.9. The monoisotopic (exact) mass is 357 g/mol. The molecule has 0 unspecified atom stereocenters. The number of rotatable bonds is 5. The highest BCUT2D eigenvalue weighted by Gasteiger charge is 2.37. The van der Waals surface area contributed by atoms with Gasteiger partial charge < -0.3 is 10.1 Å². The lowest BCUT2D eigenvalue weighted by Gasteiger charge is -2.36. The number of benzene rings is 1. The van der Waals surface area contributed by atoms with E-state index in [1.54, 1.807) is 24.5 Å². The first-order chi connectivity index (χ1) is 12.0. The molecule has 1 aromatic heterocycles. The Morgan fingerprint density at radius 2 is 2.04 bits per heavy atom. The van der Waals surface area contributed by atoms with Crippen LogP contribution >= 0.6 is 11.3 Å². The first-order valence-corrected chi connectivity index (χ1v) is 9.40. The highest BCUT2D eigenvalue weighted by atomic mass is 32.1. The number of ether oxygens (including phenoxy) is 1. The number of thiophene rings is 1. The first kappa shape index (κ1) is 17.7. The summed E-state index contributed by atoms with van der Waals surface area (Å²) in [4.78, 5) is 25.6. The fraction of sp³-hybridized carbons (Fsp3) is 0.400.